The van der Waals surface area contributed by atoms with Gasteiger partial charge in [-0.25, -0.2) is 0 Å². The van der Waals surface area contributed by atoms with Crippen molar-refractivity contribution in [3.05, 3.63) is 35.3 Å². The number of ether oxygens (including phenoxy) is 1. The lowest BCUT2D eigenvalue weighted by Gasteiger charge is -2.20. The van der Waals surface area contributed by atoms with Crippen LogP contribution in [0.1, 0.15) is 33.3 Å². The second kappa shape index (κ2) is 6.22. The third-order valence-electron chi connectivity index (χ3n) is 2.97. The summed E-state index contributed by atoms with van der Waals surface area (Å²) in [6.45, 7) is 8.12. The molecule has 1 aromatic carbocycles. The molecule has 2 aromatic rings. The fraction of sp³-hybridized carbons (Fsp3) is 0.400. The Morgan fingerprint density at radius 2 is 2.14 bits per heavy atom. The van der Waals surface area contributed by atoms with E-state index in [0.29, 0.717) is 10.9 Å². The molecule has 112 valence electrons. The lowest BCUT2D eigenvalue weighted by Crippen LogP contribution is -2.30. The molecule has 0 saturated carbocycles. The summed E-state index contributed by atoms with van der Waals surface area (Å²) >= 11 is 1.27. The summed E-state index contributed by atoms with van der Waals surface area (Å²) in [6.07, 6.45) is -0.607. The number of rotatable bonds is 4. The monoisotopic (exact) mass is 305 g/mol. The van der Waals surface area contributed by atoms with Crippen LogP contribution in [-0.2, 0) is 10.2 Å². The highest BCUT2D eigenvalue weighted by molar-refractivity contribution is 7.13. The number of anilines is 1. The molecule has 0 aliphatic rings. The SMILES string of the molecule is C[C@@H](Oc1cccc(C(C)(C)C)c1)C(=O)Nc1nncs1. The molecule has 0 aliphatic carbocycles. The molecule has 0 saturated heterocycles. The van der Waals surface area contributed by atoms with Crippen molar-refractivity contribution in [2.75, 3.05) is 5.32 Å². The topological polar surface area (TPSA) is 64.1 Å². The summed E-state index contributed by atoms with van der Waals surface area (Å²) in [5.74, 6) is 0.440. The van der Waals surface area contributed by atoms with Gasteiger partial charge in [-0.15, -0.1) is 10.2 Å². The smallest absolute Gasteiger partial charge is 0.266 e. The molecule has 1 amide bonds. The van der Waals surface area contributed by atoms with E-state index in [2.05, 4.69) is 42.4 Å². The molecule has 2 rings (SSSR count). The zero-order valence-corrected chi connectivity index (χ0v) is 13.4. The van der Waals surface area contributed by atoms with Crippen LogP contribution in [0.4, 0.5) is 5.13 Å². The summed E-state index contributed by atoms with van der Waals surface area (Å²) in [5.41, 5.74) is 2.77. The van der Waals surface area contributed by atoms with Gasteiger partial charge in [-0.1, -0.05) is 44.2 Å². The van der Waals surface area contributed by atoms with Gasteiger partial charge in [-0.3, -0.25) is 10.1 Å². The Morgan fingerprint density at radius 1 is 1.38 bits per heavy atom. The van der Waals surface area contributed by atoms with Crippen molar-refractivity contribution in [3.8, 4) is 5.75 Å². The van der Waals surface area contributed by atoms with Crippen molar-refractivity contribution in [1.29, 1.82) is 0 Å². The Bertz CT molecular complexity index is 606. The van der Waals surface area contributed by atoms with Gasteiger partial charge in [0.15, 0.2) is 6.10 Å². The number of hydrogen-bond donors (Lipinski definition) is 1. The highest BCUT2D eigenvalue weighted by atomic mass is 32.1. The minimum absolute atomic E-state index is 0.0391. The van der Waals surface area contributed by atoms with Gasteiger partial charge in [0.1, 0.15) is 11.3 Å². The maximum atomic E-state index is 12.0. The normalized spacial score (nSPS) is 12.8. The van der Waals surface area contributed by atoms with E-state index in [-0.39, 0.29) is 11.3 Å². The van der Waals surface area contributed by atoms with E-state index in [9.17, 15) is 4.79 Å². The van der Waals surface area contributed by atoms with Gasteiger partial charge < -0.3 is 4.74 Å². The van der Waals surface area contributed by atoms with Crippen LogP contribution in [0.25, 0.3) is 0 Å². The molecule has 0 fully saturated rings. The number of hydrogen-bond acceptors (Lipinski definition) is 5. The lowest BCUT2D eigenvalue weighted by molar-refractivity contribution is -0.122. The molecule has 0 radical (unpaired) electrons. The number of amides is 1. The second-order valence-electron chi connectivity index (χ2n) is 5.77. The third kappa shape index (κ3) is 4.26. The molecule has 0 aliphatic heterocycles. The van der Waals surface area contributed by atoms with Crippen molar-refractivity contribution >= 4 is 22.4 Å². The highest BCUT2D eigenvalue weighted by Gasteiger charge is 2.18. The van der Waals surface area contributed by atoms with E-state index in [1.807, 2.05) is 18.2 Å². The molecule has 5 nitrogen and oxygen atoms in total. The quantitative estimate of drug-likeness (QED) is 0.942. The maximum Gasteiger partial charge on any atom is 0.266 e. The van der Waals surface area contributed by atoms with E-state index >= 15 is 0 Å². The van der Waals surface area contributed by atoms with E-state index in [4.69, 9.17) is 4.74 Å². The molecule has 6 heteroatoms. The van der Waals surface area contributed by atoms with Crippen LogP contribution in [0.5, 0.6) is 5.75 Å². The number of carbonyl (C=O) groups is 1. The number of nitrogens with one attached hydrogen (secondary N) is 1. The molecular formula is C15H19N3O2S. The number of benzene rings is 1. The third-order valence-corrected chi connectivity index (χ3v) is 3.58. The minimum Gasteiger partial charge on any atom is -0.481 e. The average Bonchev–Trinajstić information content (AvgIpc) is 2.91. The zero-order valence-electron chi connectivity index (χ0n) is 12.6. The Balaban J connectivity index is 2.02. The summed E-state index contributed by atoms with van der Waals surface area (Å²) < 4.78 is 5.71. The van der Waals surface area contributed by atoms with Crippen LogP contribution in [0, 0.1) is 0 Å². The van der Waals surface area contributed by atoms with Gasteiger partial charge in [-0.05, 0) is 30.0 Å². The largest absolute Gasteiger partial charge is 0.481 e. The Kier molecular flexibility index (Phi) is 4.57. The van der Waals surface area contributed by atoms with Crippen LogP contribution in [-0.4, -0.2) is 22.2 Å². The standard InChI is InChI=1S/C15H19N3O2S/c1-10(13(19)17-14-18-16-9-21-14)20-12-7-5-6-11(8-12)15(2,3)4/h5-10H,1-4H3,(H,17,18,19)/t10-/m1/s1. The molecule has 1 atom stereocenters. The molecule has 0 unspecified atom stereocenters. The van der Waals surface area contributed by atoms with Crippen LogP contribution in [0.15, 0.2) is 29.8 Å². The van der Waals surface area contributed by atoms with Gasteiger partial charge in [0.25, 0.3) is 5.91 Å². The van der Waals surface area contributed by atoms with Gasteiger partial charge in [0.2, 0.25) is 5.13 Å². The maximum absolute atomic E-state index is 12.0. The lowest BCUT2D eigenvalue weighted by atomic mass is 9.87. The molecule has 21 heavy (non-hydrogen) atoms. The van der Waals surface area contributed by atoms with E-state index in [1.165, 1.54) is 11.3 Å². The van der Waals surface area contributed by atoms with Crippen LogP contribution < -0.4 is 10.1 Å². The first-order chi connectivity index (χ1) is 9.86. The van der Waals surface area contributed by atoms with Gasteiger partial charge in [-0.2, -0.15) is 0 Å². The van der Waals surface area contributed by atoms with Crippen LogP contribution in [0.3, 0.4) is 0 Å². The molecule has 0 spiro atoms. The number of aromatic nitrogens is 2. The van der Waals surface area contributed by atoms with Gasteiger partial charge in [0, 0.05) is 0 Å². The summed E-state index contributed by atoms with van der Waals surface area (Å²) in [7, 11) is 0. The van der Waals surface area contributed by atoms with Crippen molar-refractivity contribution in [3.63, 3.8) is 0 Å². The molecule has 1 aromatic heterocycles. The van der Waals surface area contributed by atoms with Crippen molar-refractivity contribution < 1.29 is 9.53 Å². The van der Waals surface area contributed by atoms with Gasteiger partial charge in [0.05, 0.1) is 0 Å². The summed E-state index contributed by atoms with van der Waals surface area (Å²) in [5, 5.41) is 10.6. The molecular weight excluding hydrogens is 286 g/mol. The van der Waals surface area contributed by atoms with Crippen molar-refractivity contribution in [2.24, 2.45) is 0 Å². The first-order valence-corrected chi connectivity index (χ1v) is 7.58. The number of nitrogens with zero attached hydrogens (tertiary/aromatic N) is 2. The van der Waals surface area contributed by atoms with E-state index in [0.717, 1.165) is 5.56 Å². The minimum atomic E-state index is -0.607. The fourth-order valence-corrected chi connectivity index (χ4v) is 2.18. The first-order valence-electron chi connectivity index (χ1n) is 6.70. The van der Waals surface area contributed by atoms with Crippen molar-refractivity contribution in [1.82, 2.24) is 10.2 Å². The fourth-order valence-electron chi connectivity index (χ4n) is 1.73. The average molecular weight is 305 g/mol. The number of carbonyl (C=O) groups excluding carboxylic acids is 1. The van der Waals surface area contributed by atoms with Crippen LogP contribution in [0.2, 0.25) is 0 Å². The predicted octanol–water partition coefficient (Wildman–Crippen LogP) is 3.24. The highest BCUT2D eigenvalue weighted by Crippen LogP contribution is 2.26. The summed E-state index contributed by atoms with van der Waals surface area (Å²) in [6, 6.07) is 7.81. The Labute approximate surface area is 128 Å². The van der Waals surface area contributed by atoms with Crippen molar-refractivity contribution in [2.45, 2.75) is 39.2 Å². The Morgan fingerprint density at radius 3 is 2.76 bits per heavy atom. The van der Waals surface area contributed by atoms with Crippen LogP contribution >= 0.6 is 11.3 Å². The molecule has 1 heterocycles. The Hall–Kier alpha value is -1.95. The van der Waals surface area contributed by atoms with E-state index in [1.54, 1.807) is 12.4 Å². The summed E-state index contributed by atoms with van der Waals surface area (Å²) in [4.78, 5) is 12.0. The molecule has 0 bridgehead atoms. The van der Waals surface area contributed by atoms with E-state index < -0.39 is 6.10 Å². The first kappa shape index (κ1) is 15.4. The predicted molar refractivity (Wildman–Crippen MR) is 83.8 cm³/mol. The van der Waals surface area contributed by atoms with Gasteiger partial charge >= 0.3 is 0 Å². The molecule has 1 N–H and O–H groups in total. The zero-order chi connectivity index (χ0) is 15.5. The second-order valence-corrected chi connectivity index (χ2v) is 6.60.